The Morgan fingerprint density at radius 1 is 1.53 bits per heavy atom. The van der Waals surface area contributed by atoms with Crippen LogP contribution in [0.1, 0.15) is 6.92 Å². The summed E-state index contributed by atoms with van der Waals surface area (Å²) in [5.74, 6) is -1.16. The van der Waals surface area contributed by atoms with E-state index in [0.717, 1.165) is 6.92 Å². The fraction of sp³-hybridized carbons (Fsp3) is 0.667. The molecule has 0 fully saturated rings. The molecule has 0 saturated carbocycles. The second-order valence-corrected chi connectivity index (χ2v) is 2.75. The maximum atomic E-state index is 11.9. The summed E-state index contributed by atoms with van der Waals surface area (Å²) in [7, 11) is 0. The van der Waals surface area contributed by atoms with E-state index in [4.69, 9.17) is 10.8 Å². The molecule has 0 aliphatic rings. The molecule has 0 aliphatic carbocycles. The third-order valence-electron chi connectivity index (χ3n) is 1.22. The molecule has 0 bridgehead atoms. The summed E-state index contributed by atoms with van der Waals surface area (Å²) in [6.07, 6.45) is -6.47. The summed E-state index contributed by atoms with van der Waals surface area (Å²) >= 11 is 0. The van der Waals surface area contributed by atoms with Gasteiger partial charge in [0.1, 0.15) is 6.54 Å². The summed E-state index contributed by atoms with van der Waals surface area (Å²) in [5, 5.41) is 8.11. The number of carbonyl (C=O) groups is 2. The quantitative estimate of drug-likeness (QED) is 0.576. The van der Waals surface area contributed by atoms with Crippen LogP contribution in [0.15, 0.2) is 0 Å². The third-order valence-corrected chi connectivity index (χ3v) is 1.22. The van der Waals surface area contributed by atoms with E-state index in [1.165, 1.54) is 5.43 Å². The van der Waals surface area contributed by atoms with Gasteiger partial charge in [0.15, 0.2) is 0 Å². The smallest absolute Gasteiger partial charge is 0.423 e. The minimum absolute atomic E-state index is 0.0903. The lowest BCUT2D eigenvalue weighted by atomic mass is 10.3. The highest BCUT2D eigenvalue weighted by Crippen LogP contribution is 2.15. The number of hydrogen-bond acceptors (Lipinski definition) is 3. The van der Waals surface area contributed by atoms with Crippen molar-refractivity contribution in [3.8, 4) is 0 Å². The zero-order valence-electron chi connectivity index (χ0n) is 7.71. The number of carbonyl (C=O) groups excluding carboxylic acids is 1. The molecule has 1 atom stereocenters. The van der Waals surface area contributed by atoms with Crippen molar-refractivity contribution in [3.63, 3.8) is 0 Å². The molecular formula is C6H10F3N3O3. The molecule has 0 spiro atoms. The highest BCUT2D eigenvalue weighted by molar-refractivity contribution is 5.82. The van der Waals surface area contributed by atoms with Gasteiger partial charge < -0.3 is 10.8 Å². The summed E-state index contributed by atoms with van der Waals surface area (Å²) in [6, 6.07) is -1.22. The van der Waals surface area contributed by atoms with Crippen molar-refractivity contribution in [2.45, 2.75) is 19.1 Å². The van der Waals surface area contributed by atoms with Crippen molar-refractivity contribution >= 4 is 12.0 Å². The van der Waals surface area contributed by atoms with Crippen LogP contribution in [0.5, 0.6) is 0 Å². The van der Waals surface area contributed by atoms with Crippen LogP contribution in [0.25, 0.3) is 0 Å². The van der Waals surface area contributed by atoms with Crippen molar-refractivity contribution in [1.29, 1.82) is 0 Å². The Morgan fingerprint density at radius 2 is 2.00 bits per heavy atom. The molecule has 6 nitrogen and oxygen atoms in total. The average molecular weight is 229 g/mol. The lowest BCUT2D eigenvalue weighted by Gasteiger charge is -2.24. The fourth-order valence-electron chi connectivity index (χ4n) is 0.713. The van der Waals surface area contributed by atoms with Gasteiger partial charge in [0.05, 0.1) is 6.04 Å². The van der Waals surface area contributed by atoms with E-state index in [1.807, 2.05) is 0 Å². The van der Waals surface area contributed by atoms with Gasteiger partial charge >= 0.3 is 12.3 Å². The summed E-state index contributed by atoms with van der Waals surface area (Å²) in [4.78, 5) is 21.1. The topological polar surface area (TPSA) is 95.7 Å². The van der Waals surface area contributed by atoms with Crippen LogP contribution in [-0.2, 0) is 4.79 Å². The molecule has 0 aromatic rings. The molecule has 0 rings (SSSR count). The zero-order valence-corrected chi connectivity index (χ0v) is 7.71. The van der Waals surface area contributed by atoms with Crippen molar-refractivity contribution in [3.05, 3.63) is 0 Å². The largest absolute Gasteiger partial charge is 0.464 e. The second-order valence-electron chi connectivity index (χ2n) is 2.75. The van der Waals surface area contributed by atoms with Crippen LogP contribution in [0.2, 0.25) is 0 Å². The Morgan fingerprint density at radius 3 is 2.27 bits per heavy atom. The lowest BCUT2D eigenvalue weighted by molar-refractivity contribution is -0.166. The molecule has 2 amide bonds. The van der Waals surface area contributed by atoms with Gasteiger partial charge in [-0.05, 0) is 6.92 Å². The number of hydrogen-bond donors (Lipinski definition) is 3. The standard InChI is InChI=1S/C6H10F3N3O3/c1-3(10)4(13)12(11-5(14)15)2-6(7,8)9/h3,11H,2,10H2,1H3,(H,14,15). The van der Waals surface area contributed by atoms with Gasteiger partial charge in [-0.15, -0.1) is 0 Å². The molecule has 4 N–H and O–H groups in total. The van der Waals surface area contributed by atoms with Crippen LogP contribution in [-0.4, -0.2) is 40.9 Å². The molecule has 0 saturated heterocycles. The van der Waals surface area contributed by atoms with Crippen molar-refractivity contribution in [2.24, 2.45) is 5.73 Å². The Hall–Kier alpha value is -1.51. The first-order valence-electron chi connectivity index (χ1n) is 3.77. The van der Waals surface area contributed by atoms with Crippen LogP contribution in [0.4, 0.5) is 18.0 Å². The molecule has 0 heterocycles. The number of nitrogens with zero attached hydrogens (tertiary/aromatic N) is 1. The minimum atomic E-state index is -4.70. The average Bonchev–Trinajstić information content (AvgIpc) is 1.97. The number of rotatable bonds is 2. The number of halogens is 3. The molecule has 9 heteroatoms. The SMILES string of the molecule is CC(N)C(=O)N(CC(F)(F)F)NC(=O)O. The number of nitrogens with one attached hydrogen (secondary N) is 1. The van der Waals surface area contributed by atoms with Gasteiger partial charge in [-0.3, -0.25) is 4.79 Å². The first kappa shape index (κ1) is 13.5. The van der Waals surface area contributed by atoms with E-state index < -0.39 is 30.8 Å². The van der Waals surface area contributed by atoms with E-state index in [0.29, 0.717) is 0 Å². The third kappa shape index (κ3) is 5.73. The van der Waals surface area contributed by atoms with Crippen molar-refractivity contribution in [1.82, 2.24) is 10.4 Å². The number of nitrogens with two attached hydrogens (primary N) is 1. The highest BCUT2D eigenvalue weighted by Gasteiger charge is 2.34. The molecule has 0 aliphatic heterocycles. The minimum Gasteiger partial charge on any atom is -0.464 e. The van der Waals surface area contributed by atoms with Crippen molar-refractivity contribution in [2.75, 3.05) is 6.54 Å². The maximum Gasteiger partial charge on any atom is 0.423 e. The first-order valence-corrected chi connectivity index (χ1v) is 3.77. The highest BCUT2D eigenvalue weighted by atomic mass is 19.4. The van der Waals surface area contributed by atoms with E-state index >= 15 is 0 Å². The lowest BCUT2D eigenvalue weighted by Crippen LogP contribution is -2.54. The summed E-state index contributed by atoms with van der Waals surface area (Å²) in [6.45, 7) is -0.574. The molecular weight excluding hydrogens is 219 g/mol. The van der Waals surface area contributed by atoms with E-state index in [9.17, 15) is 22.8 Å². The number of carboxylic acid groups (broad SMARTS) is 1. The monoisotopic (exact) mass is 229 g/mol. The molecule has 0 radical (unpaired) electrons. The predicted octanol–water partition coefficient (Wildman–Crippen LogP) is -0.0929. The Bertz CT molecular complexity index is 254. The van der Waals surface area contributed by atoms with Gasteiger partial charge in [-0.25, -0.2) is 15.2 Å². The molecule has 15 heavy (non-hydrogen) atoms. The second kappa shape index (κ2) is 4.82. The number of hydrazine groups is 1. The molecule has 1 unspecified atom stereocenters. The van der Waals surface area contributed by atoms with Crippen LogP contribution < -0.4 is 11.2 Å². The Labute approximate surface area is 82.8 Å². The normalized spacial score (nSPS) is 13.1. The van der Waals surface area contributed by atoms with Gasteiger partial charge in [0, 0.05) is 0 Å². The first-order chi connectivity index (χ1) is 6.63. The van der Waals surface area contributed by atoms with Crippen LogP contribution >= 0.6 is 0 Å². The fourth-order valence-corrected chi connectivity index (χ4v) is 0.713. The van der Waals surface area contributed by atoms with Crippen LogP contribution in [0.3, 0.4) is 0 Å². The van der Waals surface area contributed by atoms with E-state index in [-0.39, 0.29) is 5.01 Å². The van der Waals surface area contributed by atoms with Gasteiger partial charge in [-0.1, -0.05) is 0 Å². The zero-order chi connectivity index (χ0) is 12.2. The Balaban J connectivity index is 4.59. The van der Waals surface area contributed by atoms with Crippen LogP contribution in [0, 0.1) is 0 Å². The molecule has 88 valence electrons. The number of amides is 2. The van der Waals surface area contributed by atoms with Gasteiger partial charge in [0.25, 0.3) is 5.91 Å². The summed E-state index contributed by atoms with van der Waals surface area (Å²) in [5.41, 5.74) is 6.36. The Kier molecular flexibility index (Phi) is 4.34. The summed E-state index contributed by atoms with van der Waals surface area (Å²) < 4.78 is 35.7. The maximum absolute atomic E-state index is 11.9. The predicted molar refractivity (Wildman–Crippen MR) is 42.6 cm³/mol. The van der Waals surface area contributed by atoms with Crippen molar-refractivity contribution < 1.29 is 27.9 Å². The number of alkyl halides is 3. The van der Waals surface area contributed by atoms with Gasteiger partial charge in [0.2, 0.25) is 0 Å². The molecule has 0 aromatic carbocycles. The van der Waals surface area contributed by atoms with Gasteiger partial charge in [-0.2, -0.15) is 13.2 Å². The van der Waals surface area contributed by atoms with E-state index in [2.05, 4.69) is 0 Å². The van der Waals surface area contributed by atoms with E-state index in [1.54, 1.807) is 0 Å². The molecule has 0 aromatic heterocycles.